The second-order valence-corrected chi connectivity index (χ2v) is 4.45. The molecule has 0 aromatic rings. The quantitative estimate of drug-likeness (QED) is 0.633. The predicted molar refractivity (Wildman–Crippen MR) is 54.4 cm³/mol. The molecule has 2 aliphatic heterocycles. The summed E-state index contributed by atoms with van der Waals surface area (Å²) < 4.78 is 5.11. The maximum atomic E-state index is 11.8. The number of Topliss-reactive ketones (excluding diaryl/α,β-unsaturated/α-hetero) is 1. The highest BCUT2D eigenvalue weighted by Crippen LogP contribution is 2.20. The normalized spacial score (nSPS) is 30.2. The van der Waals surface area contributed by atoms with Crippen LogP contribution < -0.4 is 0 Å². The van der Waals surface area contributed by atoms with Gasteiger partial charge in [-0.05, 0) is 6.42 Å². The van der Waals surface area contributed by atoms with Crippen LogP contribution in [0.4, 0.5) is 0 Å². The van der Waals surface area contributed by atoms with Crippen LogP contribution in [0.1, 0.15) is 19.8 Å². The standard InChI is InChI=1S/C11H15NO4/c1-7-4-10(14)12(11(7)15)5-9(13)8-2-3-16-6-8/h7-8H,2-6H2,1H3. The van der Waals surface area contributed by atoms with Crippen molar-refractivity contribution in [2.24, 2.45) is 11.8 Å². The number of likely N-dealkylation sites (tertiary alicyclic amines) is 1. The van der Waals surface area contributed by atoms with Crippen LogP contribution in [0.25, 0.3) is 0 Å². The van der Waals surface area contributed by atoms with Crippen molar-refractivity contribution < 1.29 is 19.1 Å². The fourth-order valence-corrected chi connectivity index (χ4v) is 2.09. The first kappa shape index (κ1) is 11.3. The van der Waals surface area contributed by atoms with Gasteiger partial charge >= 0.3 is 0 Å². The van der Waals surface area contributed by atoms with Crippen LogP contribution >= 0.6 is 0 Å². The van der Waals surface area contributed by atoms with Gasteiger partial charge in [-0.1, -0.05) is 6.92 Å². The van der Waals surface area contributed by atoms with E-state index in [1.807, 2.05) is 0 Å². The Bertz CT molecular complexity index is 333. The van der Waals surface area contributed by atoms with Crippen molar-refractivity contribution in [2.75, 3.05) is 19.8 Å². The molecule has 0 radical (unpaired) electrons. The SMILES string of the molecule is CC1CC(=O)N(CC(=O)C2CCOC2)C1=O. The number of hydrogen-bond donors (Lipinski definition) is 0. The number of carbonyl (C=O) groups excluding carboxylic acids is 3. The molecule has 2 fully saturated rings. The van der Waals surface area contributed by atoms with Crippen molar-refractivity contribution in [3.05, 3.63) is 0 Å². The second kappa shape index (κ2) is 4.33. The van der Waals surface area contributed by atoms with Gasteiger partial charge in [0.05, 0.1) is 13.2 Å². The van der Waals surface area contributed by atoms with Gasteiger partial charge in [0.25, 0.3) is 0 Å². The summed E-state index contributed by atoms with van der Waals surface area (Å²) >= 11 is 0. The van der Waals surface area contributed by atoms with Crippen LogP contribution in [-0.4, -0.2) is 42.3 Å². The number of carbonyl (C=O) groups is 3. The third kappa shape index (κ3) is 2.00. The molecule has 0 bridgehead atoms. The highest BCUT2D eigenvalue weighted by atomic mass is 16.5. The fraction of sp³-hybridized carbons (Fsp3) is 0.727. The summed E-state index contributed by atoms with van der Waals surface area (Å²) in [5, 5.41) is 0. The smallest absolute Gasteiger partial charge is 0.232 e. The van der Waals surface area contributed by atoms with Crippen molar-refractivity contribution in [1.82, 2.24) is 4.90 Å². The number of ether oxygens (including phenoxy) is 1. The minimum atomic E-state index is -0.278. The van der Waals surface area contributed by atoms with Gasteiger partial charge in [0.15, 0.2) is 5.78 Å². The first-order valence-corrected chi connectivity index (χ1v) is 5.54. The lowest BCUT2D eigenvalue weighted by Crippen LogP contribution is -2.37. The summed E-state index contributed by atoms with van der Waals surface area (Å²) in [4.78, 5) is 35.9. The van der Waals surface area contributed by atoms with Gasteiger partial charge in [-0.15, -0.1) is 0 Å². The molecule has 2 rings (SSSR count). The minimum Gasteiger partial charge on any atom is -0.381 e. The lowest BCUT2D eigenvalue weighted by molar-refractivity contribution is -0.143. The average molecular weight is 225 g/mol. The molecule has 2 atom stereocenters. The lowest BCUT2D eigenvalue weighted by Gasteiger charge is -2.15. The van der Waals surface area contributed by atoms with E-state index in [4.69, 9.17) is 4.74 Å². The number of imide groups is 1. The van der Waals surface area contributed by atoms with E-state index in [1.165, 1.54) is 0 Å². The molecule has 2 aliphatic rings. The van der Waals surface area contributed by atoms with Crippen molar-refractivity contribution in [3.8, 4) is 0 Å². The Labute approximate surface area is 93.7 Å². The Morgan fingerprint density at radius 3 is 2.75 bits per heavy atom. The van der Waals surface area contributed by atoms with E-state index >= 15 is 0 Å². The van der Waals surface area contributed by atoms with E-state index in [9.17, 15) is 14.4 Å². The molecule has 0 aliphatic carbocycles. The van der Waals surface area contributed by atoms with Crippen molar-refractivity contribution in [1.29, 1.82) is 0 Å². The number of ketones is 1. The lowest BCUT2D eigenvalue weighted by atomic mass is 10.0. The van der Waals surface area contributed by atoms with Crippen molar-refractivity contribution in [2.45, 2.75) is 19.8 Å². The molecule has 0 aromatic heterocycles. The second-order valence-electron chi connectivity index (χ2n) is 4.45. The molecule has 2 unspecified atom stereocenters. The molecular formula is C11H15NO4. The molecule has 5 nitrogen and oxygen atoms in total. The summed E-state index contributed by atoms with van der Waals surface area (Å²) in [7, 11) is 0. The van der Waals surface area contributed by atoms with Crippen LogP contribution in [0.15, 0.2) is 0 Å². The first-order chi connectivity index (χ1) is 7.59. The van der Waals surface area contributed by atoms with Gasteiger partial charge in [0.1, 0.15) is 0 Å². The van der Waals surface area contributed by atoms with E-state index in [1.54, 1.807) is 6.92 Å². The van der Waals surface area contributed by atoms with Gasteiger partial charge < -0.3 is 4.74 Å². The zero-order chi connectivity index (χ0) is 11.7. The van der Waals surface area contributed by atoms with Crippen LogP contribution in [0.3, 0.4) is 0 Å². The fourth-order valence-electron chi connectivity index (χ4n) is 2.09. The number of rotatable bonds is 3. The third-order valence-corrected chi connectivity index (χ3v) is 3.17. The molecule has 0 saturated carbocycles. The maximum Gasteiger partial charge on any atom is 0.232 e. The summed E-state index contributed by atoms with van der Waals surface area (Å²) in [6, 6.07) is 0. The van der Waals surface area contributed by atoms with Crippen molar-refractivity contribution >= 4 is 17.6 Å². The Kier molecular flexibility index (Phi) is 3.05. The highest BCUT2D eigenvalue weighted by molar-refractivity contribution is 6.06. The average Bonchev–Trinajstić information content (AvgIpc) is 2.83. The Morgan fingerprint density at radius 2 is 2.25 bits per heavy atom. The molecule has 2 amide bonds. The van der Waals surface area contributed by atoms with E-state index in [-0.39, 0.29) is 42.4 Å². The van der Waals surface area contributed by atoms with E-state index < -0.39 is 0 Å². The summed E-state index contributed by atoms with van der Waals surface area (Å²) in [5.41, 5.74) is 0. The molecule has 16 heavy (non-hydrogen) atoms. The molecule has 2 saturated heterocycles. The van der Waals surface area contributed by atoms with Crippen LogP contribution in [0.2, 0.25) is 0 Å². The number of hydrogen-bond acceptors (Lipinski definition) is 4. The molecule has 0 aromatic carbocycles. The van der Waals surface area contributed by atoms with Gasteiger partial charge in [-0.25, -0.2) is 0 Å². The van der Waals surface area contributed by atoms with Gasteiger partial charge in [0.2, 0.25) is 11.8 Å². The molecule has 0 N–H and O–H groups in total. The van der Waals surface area contributed by atoms with Gasteiger partial charge in [0, 0.05) is 24.9 Å². The summed E-state index contributed by atoms with van der Waals surface area (Å²) in [6.07, 6.45) is 0.928. The maximum absolute atomic E-state index is 11.8. The Hall–Kier alpha value is -1.23. The van der Waals surface area contributed by atoms with Crippen LogP contribution in [-0.2, 0) is 19.1 Å². The van der Waals surface area contributed by atoms with Crippen LogP contribution in [0, 0.1) is 11.8 Å². The third-order valence-electron chi connectivity index (χ3n) is 3.17. The number of nitrogens with zero attached hydrogens (tertiary/aromatic N) is 1. The summed E-state index contributed by atoms with van der Waals surface area (Å²) in [5.74, 6) is -0.938. The highest BCUT2D eigenvalue weighted by Gasteiger charge is 2.38. The first-order valence-electron chi connectivity index (χ1n) is 5.54. The molecule has 88 valence electrons. The zero-order valence-electron chi connectivity index (χ0n) is 9.27. The summed E-state index contributed by atoms with van der Waals surface area (Å²) in [6.45, 7) is 2.65. The van der Waals surface area contributed by atoms with Gasteiger partial charge in [-0.3, -0.25) is 19.3 Å². The van der Waals surface area contributed by atoms with E-state index in [2.05, 4.69) is 0 Å². The van der Waals surface area contributed by atoms with E-state index in [0.29, 0.717) is 19.6 Å². The zero-order valence-corrected chi connectivity index (χ0v) is 9.27. The number of amides is 2. The molecular weight excluding hydrogens is 210 g/mol. The largest absolute Gasteiger partial charge is 0.381 e. The Balaban J connectivity index is 1.96. The van der Waals surface area contributed by atoms with E-state index in [0.717, 1.165) is 4.90 Å². The van der Waals surface area contributed by atoms with Crippen LogP contribution in [0.5, 0.6) is 0 Å². The molecule has 0 spiro atoms. The topological polar surface area (TPSA) is 63.7 Å². The van der Waals surface area contributed by atoms with Crippen molar-refractivity contribution in [3.63, 3.8) is 0 Å². The minimum absolute atomic E-state index is 0.0618. The molecule has 2 heterocycles. The Morgan fingerprint density at radius 1 is 1.50 bits per heavy atom. The monoisotopic (exact) mass is 225 g/mol. The predicted octanol–water partition coefficient (Wildman–Crippen LogP) is -0.0130. The molecule has 5 heteroatoms. The van der Waals surface area contributed by atoms with Gasteiger partial charge in [-0.2, -0.15) is 0 Å².